The number of hydrogen-bond acceptors (Lipinski definition) is 5. The van der Waals surface area contributed by atoms with E-state index in [1.807, 2.05) is 6.92 Å². The summed E-state index contributed by atoms with van der Waals surface area (Å²) < 4.78 is 0. The molecule has 1 aromatic heterocycles. The first-order chi connectivity index (χ1) is 6.66. The molecule has 0 aliphatic carbocycles. The van der Waals surface area contributed by atoms with Gasteiger partial charge >= 0.3 is 0 Å². The number of aromatic nitrogens is 2. The Morgan fingerprint density at radius 3 is 2.86 bits per heavy atom. The summed E-state index contributed by atoms with van der Waals surface area (Å²) in [5.74, 6) is 0.403. The fraction of sp³-hybridized carbons (Fsp3) is 0.778. The zero-order valence-electron chi connectivity index (χ0n) is 8.47. The quantitative estimate of drug-likeness (QED) is 0.757. The van der Waals surface area contributed by atoms with Crippen LogP contribution in [0.5, 0.6) is 0 Å². The Balaban J connectivity index is 2.06. The zero-order chi connectivity index (χ0) is 10.1. The Labute approximate surface area is 87.6 Å². The highest BCUT2D eigenvalue weighted by Gasteiger charge is 2.25. The Hall–Kier alpha value is -0.680. The number of aryl methyl sites for hydroxylation is 1. The molecule has 0 bridgehead atoms. The molecular formula is C9H15N3OS. The van der Waals surface area contributed by atoms with Crippen molar-refractivity contribution in [3.05, 3.63) is 5.01 Å². The van der Waals surface area contributed by atoms with Crippen LogP contribution in [0.4, 0.5) is 5.13 Å². The highest BCUT2D eigenvalue weighted by Crippen LogP contribution is 2.25. The Morgan fingerprint density at radius 1 is 1.50 bits per heavy atom. The van der Waals surface area contributed by atoms with Crippen LogP contribution in [0.25, 0.3) is 0 Å². The van der Waals surface area contributed by atoms with Crippen LogP contribution in [0.15, 0.2) is 0 Å². The average Bonchev–Trinajstić information content (AvgIpc) is 2.57. The summed E-state index contributed by atoms with van der Waals surface area (Å²) in [7, 11) is 0. The molecule has 1 fully saturated rings. The summed E-state index contributed by atoms with van der Waals surface area (Å²) in [5.41, 5.74) is 0. The van der Waals surface area contributed by atoms with Gasteiger partial charge in [-0.2, -0.15) is 0 Å². The van der Waals surface area contributed by atoms with Crippen LogP contribution in [0, 0.1) is 12.8 Å². The molecule has 2 unspecified atom stereocenters. The van der Waals surface area contributed by atoms with E-state index < -0.39 is 0 Å². The molecule has 1 saturated heterocycles. The minimum Gasteiger partial charge on any atom is -0.391 e. The summed E-state index contributed by atoms with van der Waals surface area (Å²) in [6, 6.07) is 0. The molecule has 0 spiro atoms. The molecule has 1 aliphatic heterocycles. The fourth-order valence-corrected chi connectivity index (χ4v) is 2.36. The minimum absolute atomic E-state index is 0.229. The van der Waals surface area contributed by atoms with Crippen molar-refractivity contribution in [1.82, 2.24) is 10.2 Å². The summed E-state index contributed by atoms with van der Waals surface area (Å²) in [6.45, 7) is 5.71. The molecule has 1 aliphatic rings. The van der Waals surface area contributed by atoms with Gasteiger partial charge in [0.15, 0.2) is 0 Å². The topological polar surface area (TPSA) is 49.2 Å². The van der Waals surface area contributed by atoms with Crippen molar-refractivity contribution in [2.24, 2.45) is 5.92 Å². The van der Waals surface area contributed by atoms with Crippen molar-refractivity contribution < 1.29 is 5.11 Å². The number of nitrogens with zero attached hydrogens (tertiary/aromatic N) is 3. The number of piperidine rings is 1. The molecule has 5 heteroatoms. The summed E-state index contributed by atoms with van der Waals surface area (Å²) >= 11 is 1.59. The maximum absolute atomic E-state index is 9.73. The lowest BCUT2D eigenvalue weighted by Gasteiger charge is -2.33. The lowest BCUT2D eigenvalue weighted by atomic mass is 9.96. The largest absolute Gasteiger partial charge is 0.391 e. The standard InChI is InChI=1S/C9H15N3OS/c1-6-3-4-12(5-8(6)13)9-11-10-7(2)14-9/h6,8,13H,3-5H2,1-2H3. The lowest BCUT2D eigenvalue weighted by molar-refractivity contribution is 0.103. The van der Waals surface area contributed by atoms with Gasteiger partial charge in [0, 0.05) is 13.1 Å². The van der Waals surface area contributed by atoms with E-state index in [0.29, 0.717) is 12.5 Å². The number of β-amino-alcohol motifs (C(OH)–C–C–N with tert-alkyl or cyclic N) is 1. The first-order valence-electron chi connectivity index (χ1n) is 4.90. The molecule has 14 heavy (non-hydrogen) atoms. The molecule has 1 N–H and O–H groups in total. The molecule has 2 atom stereocenters. The summed E-state index contributed by atoms with van der Waals surface area (Å²) in [5, 5.41) is 19.7. The van der Waals surface area contributed by atoms with Crippen LogP contribution in [0.1, 0.15) is 18.4 Å². The smallest absolute Gasteiger partial charge is 0.208 e. The van der Waals surface area contributed by atoms with E-state index in [-0.39, 0.29) is 6.10 Å². The van der Waals surface area contributed by atoms with Gasteiger partial charge in [-0.15, -0.1) is 10.2 Å². The molecule has 0 saturated carbocycles. The van der Waals surface area contributed by atoms with Crippen LogP contribution in [-0.4, -0.2) is 34.5 Å². The third-order valence-corrected chi connectivity index (χ3v) is 3.60. The molecular weight excluding hydrogens is 198 g/mol. The number of aliphatic hydroxyl groups is 1. The summed E-state index contributed by atoms with van der Waals surface area (Å²) in [4.78, 5) is 2.12. The molecule has 0 radical (unpaired) electrons. The maximum Gasteiger partial charge on any atom is 0.208 e. The normalized spacial score (nSPS) is 28.1. The number of aliphatic hydroxyl groups excluding tert-OH is 1. The van der Waals surface area contributed by atoms with E-state index >= 15 is 0 Å². The van der Waals surface area contributed by atoms with Gasteiger partial charge in [0.2, 0.25) is 5.13 Å². The first kappa shape index (κ1) is 9.86. The molecule has 78 valence electrons. The predicted molar refractivity (Wildman–Crippen MR) is 56.6 cm³/mol. The van der Waals surface area contributed by atoms with Gasteiger partial charge in [0.1, 0.15) is 5.01 Å². The number of hydrogen-bond donors (Lipinski definition) is 1. The van der Waals surface area contributed by atoms with Gasteiger partial charge in [-0.3, -0.25) is 0 Å². The molecule has 2 rings (SSSR count). The first-order valence-corrected chi connectivity index (χ1v) is 5.71. The second-order valence-corrected chi connectivity index (χ2v) is 5.04. The second-order valence-electron chi connectivity index (χ2n) is 3.88. The maximum atomic E-state index is 9.73. The van der Waals surface area contributed by atoms with E-state index in [1.54, 1.807) is 11.3 Å². The monoisotopic (exact) mass is 213 g/mol. The van der Waals surface area contributed by atoms with Gasteiger partial charge in [-0.1, -0.05) is 18.3 Å². The van der Waals surface area contributed by atoms with E-state index in [4.69, 9.17) is 0 Å². The van der Waals surface area contributed by atoms with Crippen LogP contribution in [-0.2, 0) is 0 Å². The Kier molecular flexibility index (Phi) is 2.69. The van der Waals surface area contributed by atoms with Gasteiger partial charge in [-0.05, 0) is 19.3 Å². The number of rotatable bonds is 1. The lowest BCUT2D eigenvalue weighted by Crippen LogP contribution is -2.42. The van der Waals surface area contributed by atoms with Crippen molar-refractivity contribution in [2.45, 2.75) is 26.4 Å². The van der Waals surface area contributed by atoms with Crippen molar-refractivity contribution in [3.63, 3.8) is 0 Å². The van der Waals surface area contributed by atoms with Crippen LogP contribution in [0.3, 0.4) is 0 Å². The van der Waals surface area contributed by atoms with Gasteiger partial charge < -0.3 is 10.0 Å². The molecule has 4 nitrogen and oxygen atoms in total. The second kappa shape index (κ2) is 3.82. The van der Waals surface area contributed by atoms with E-state index in [1.165, 1.54) is 0 Å². The average molecular weight is 213 g/mol. The van der Waals surface area contributed by atoms with E-state index in [9.17, 15) is 5.11 Å². The zero-order valence-corrected chi connectivity index (χ0v) is 9.29. The van der Waals surface area contributed by atoms with E-state index in [2.05, 4.69) is 22.0 Å². The minimum atomic E-state index is -0.229. The van der Waals surface area contributed by atoms with Crippen molar-refractivity contribution in [2.75, 3.05) is 18.0 Å². The van der Waals surface area contributed by atoms with Crippen LogP contribution in [0.2, 0.25) is 0 Å². The van der Waals surface area contributed by atoms with Crippen molar-refractivity contribution >= 4 is 16.5 Å². The summed E-state index contributed by atoms with van der Waals surface area (Å²) in [6.07, 6.45) is 0.799. The van der Waals surface area contributed by atoms with E-state index in [0.717, 1.165) is 23.1 Å². The fourth-order valence-electron chi connectivity index (χ4n) is 1.64. The van der Waals surface area contributed by atoms with Crippen molar-refractivity contribution in [3.8, 4) is 0 Å². The molecule has 2 heterocycles. The van der Waals surface area contributed by atoms with Gasteiger partial charge in [-0.25, -0.2) is 0 Å². The highest BCUT2D eigenvalue weighted by molar-refractivity contribution is 7.15. The Bertz CT molecular complexity index is 315. The predicted octanol–water partition coefficient (Wildman–Crippen LogP) is 1.05. The van der Waals surface area contributed by atoms with Crippen LogP contribution < -0.4 is 4.90 Å². The molecule has 0 aromatic carbocycles. The molecule has 1 aromatic rings. The highest BCUT2D eigenvalue weighted by atomic mass is 32.1. The third kappa shape index (κ3) is 1.88. The number of anilines is 1. The van der Waals surface area contributed by atoms with Crippen molar-refractivity contribution in [1.29, 1.82) is 0 Å². The molecule has 0 amide bonds. The van der Waals surface area contributed by atoms with Gasteiger partial charge in [0.25, 0.3) is 0 Å². The Morgan fingerprint density at radius 2 is 2.29 bits per heavy atom. The third-order valence-electron chi connectivity index (χ3n) is 2.70. The van der Waals surface area contributed by atoms with Crippen LogP contribution >= 0.6 is 11.3 Å². The SMILES string of the molecule is Cc1nnc(N2CCC(C)C(O)C2)s1. The van der Waals surface area contributed by atoms with Gasteiger partial charge in [0.05, 0.1) is 6.10 Å².